The van der Waals surface area contributed by atoms with Gasteiger partial charge in [0.05, 0.1) is 48.2 Å². The number of likely N-dealkylation sites (tertiary alicyclic amines) is 1. The number of β-amino-alcohol motifs (C(OH)–C–C–N with tert-alkyl or cyclic N) is 1. The van der Waals surface area contributed by atoms with Crippen molar-refractivity contribution < 1.29 is 36.2 Å². The summed E-state index contributed by atoms with van der Waals surface area (Å²) in [4.78, 5) is 2.26. The molecule has 1 aromatic heterocycles. The lowest BCUT2D eigenvalue weighted by Gasteiger charge is -2.34. The number of aliphatic hydroxyl groups excluding tert-OH is 1. The molecule has 2 unspecified atom stereocenters. The molecule has 3 N–H and O–H groups in total. The molecule has 1 saturated heterocycles. The van der Waals surface area contributed by atoms with Crippen LogP contribution in [0.1, 0.15) is 18.5 Å². The highest BCUT2D eigenvalue weighted by Crippen LogP contribution is 2.31. The van der Waals surface area contributed by atoms with Gasteiger partial charge in [-0.2, -0.15) is 13.2 Å². The molecule has 234 valence electrons. The number of anilines is 2. The molecule has 1 aliphatic heterocycles. The van der Waals surface area contributed by atoms with Crippen LogP contribution >= 0.6 is 0 Å². The van der Waals surface area contributed by atoms with E-state index in [4.69, 9.17) is 9.47 Å². The molecule has 1 aliphatic rings. The third-order valence-corrected chi connectivity index (χ3v) is 8.27. The zero-order chi connectivity index (χ0) is 31.2. The highest BCUT2D eigenvalue weighted by molar-refractivity contribution is 7.90. The standard InChI is InChI=1S/C30H37F3N4O5S/c1-41-19-23(38)18-36-14-6-7-21(17-36)35-26-9-4-10-28-25(26)15-22(37(28)20-30(31,32)33)8-5-13-34-27-12-11-24(43(3,39)40)16-29(27)42-2/h4,9-12,15-16,21,23,34-35,38H,6-7,13-14,17-20H2,1-3H3. The molecule has 0 radical (unpaired) electrons. The first-order valence-electron chi connectivity index (χ1n) is 13.8. The molecule has 0 saturated carbocycles. The number of halogens is 3. The van der Waals surface area contributed by atoms with Gasteiger partial charge in [-0.05, 0) is 55.6 Å². The SMILES string of the molecule is COCC(O)CN1CCCC(Nc2cccc3c2cc(C#CCNc2ccc(S(C)(=O)=O)cc2OC)n3CC(F)(F)F)C1. The number of ether oxygens (including phenoxy) is 2. The number of fused-ring (bicyclic) bond motifs is 1. The first-order chi connectivity index (χ1) is 20.4. The van der Waals surface area contributed by atoms with Crippen LogP contribution in [0, 0.1) is 11.8 Å². The molecule has 2 atom stereocenters. The average Bonchev–Trinajstić information content (AvgIpc) is 3.27. The van der Waals surface area contributed by atoms with Crippen LogP contribution in [0.15, 0.2) is 47.4 Å². The van der Waals surface area contributed by atoms with Gasteiger partial charge in [-0.25, -0.2) is 8.42 Å². The van der Waals surface area contributed by atoms with Crippen molar-refractivity contribution >= 4 is 32.1 Å². The fourth-order valence-electron chi connectivity index (χ4n) is 5.29. The van der Waals surface area contributed by atoms with Crippen molar-refractivity contribution in [3.63, 3.8) is 0 Å². The number of nitrogens with one attached hydrogen (secondary N) is 2. The molecule has 2 aromatic carbocycles. The molecule has 43 heavy (non-hydrogen) atoms. The maximum atomic E-state index is 13.6. The van der Waals surface area contributed by atoms with Gasteiger partial charge < -0.3 is 29.8 Å². The van der Waals surface area contributed by atoms with E-state index in [0.29, 0.717) is 35.4 Å². The summed E-state index contributed by atoms with van der Waals surface area (Å²) in [5.41, 5.74) is 1.86. The topological polar surface area (TPSA) is 105 Å². The molecule has 9 nitrogen and oxygen atoms in total. The molecule has 0 aliphatic carbocycles. The molecular formula is C30H37F3N4O5S. The minimum absolute atomic E-state index is 0.0582. The van der Waals surface area contributed by atoms with Crippen LogP contribution in [0.25, 0.3) is 10.9 Å². The van der Waals surface area contributed by atoms with Crippen molar-refractivity contribution in [3.8, 4) is 17.6 Å². The number of aromatic nitrogens is 1. The second-order valence-corrected chi connectivity index (χ2v) is 12.6. The Balaban J connectivity index is 1.55. The average molecular weight is 623 g/mol. The number of hydrogen-bond acceptors (Lipinski definition) is 8. The lowest BCUT2D eigenvalue weighted by Crippen LogP contribution is -2.45. The van der Waals surface area contributed by atoms with Gasteiger partial charge in [0.25, 0.3) is 0 Å². The fourth-order valence-corrected chi connectivity index (χ4v) is 5.92. The Kier molecular flexibility index (Phi) is 10.5. The van der Waals surface area contributed by atoms with Crippen molar-refractivity contribution in [2.75, 3.05) is 63.9 Å². The van der Waals surface area contributed by atoms with Gasteiger partial charge in [-0.3, -0.25) is 4.90 Å². The third-order valence-electron chi connectivity index (χ3n) is 7.16. The summed E-state index contributed by atoms with van der Waals surface area (Å²) in [6, 6.07) is 11.3. The Hall–Kier alpha value is -3.44. The molecule has 3 aromatic rings. The molecule has 4 rings (SSSR count). The summed E-state index contributed by atoms with van der Waals surface area (Å²) in [6.07, 6.45) is -2.13. The summed E-state index contributed by atoms with van der Waals surface area (Å²) in [5, 5.41) is 17.3. The molecule has 13 heteroatoms. The number of nitrogens with zero attached hydrogens (tertiary/aromatic N) is 2. The number of hydrogen-bond donors (Lipinski definition) is 3. The fraction of sp³-hybridized carbons (Fsp3) is 0.467. The van der Waals surface area contributed by atoms with Gasteiger partial charge in [-0.15, -0.1) is 0 Å². The summed E-state index contributed by atoms with van der Waals surface area (Å²) in [6.45, 7) is 1.18. The summed E-state index contributed by atoms with van der Waals surface area (Å²) in [7, 11) is -0.465. The lowest BCUT2D eigenvalue weighted by molar-refractivity contribution is -0.140. The number of alkyl halides is 3. The van der Waals surface area contributed by atoms with Gasteiger partial charge in [0.15, 0.2) is 9.84 Å². The maximum Gasteiger partial charge on any atom is 0.406 e. The monoisotopic (exact) mass is 622 g/mol. The van der Waals surface area contributed by atoms with E-state index in [-0.39, 0.29) is 29.8 Å². The molecular weight excluding hydrogens is 585 g/mol. The molecule has 2 heterocycles. The second-order valence-electron chi connectivity index (χ2n) is 10.6. The quantitative estimate of drug-likeness (QED) is 0.276. The normalized spacial score (nSPS) is 16.9. The second kappa shape index (κ2) is 13.9. The predicted octanol–water partition coefficient (Wildman–Crippen LogP) is 3.96. The van der Waals surface area contributed by atoms with E-state index in [1.165, 1.54) is 23.8 Å². The van der Waals surface area contributed by atoms with Gasteiger partial charge in [0.2, 0.25) is 0 Å². The van der Waals surface area contributed by atoms with Crippen LogP contribution in [0.3, 0.4) is 0 Å². The first kappa shape index (κ1) is 32.5. The zero-order valence-electron chi connectivity index (χ0n) is 24.4. The number of benzene rings is 2. The number of piperidine rings is 1. The minimum atomic E-state index is -4.45. The summed E-state index contributed by atoms with van der Waals surface area (Å²) in [5.74, 6) is 6.07. The van der Waals surface area contributed by atoms with E-state index in [2.05, 4.69) is 27.4 Å². The number of methoxy groups -OCH3 is 2. The van der Waals surface area contributed by atoms with E-state index < -0.39 is 28.7 Å². The van der Waals surface area contributed by atoms with E-state index in [9.17, 15) is 26.7 Å². The highest BCUT2D eigenvalue weighted by atomic mass is 32.2. The van der Waals surface area contributed by atoms with Gasteiger partial charge in [0.1, 0.15) is 12.3 Å². The van der Waals surface area contributed by atoms with Crippen molar-refractivity contribution in [2.24, 2.45) is 0 Å². The summed E-state index contributed by atoms with van der Waals surface area (Å²) < 4.78 is 76.0. The number of aliphatic hydroxyl groups is 1. The summed E-state index contributed by atoms with van der Waals surface area (Å²) >= 11 is 0. The smallest absolute Gasteiger partial charge is 0.406 e. The van der Waals surface area contributed by atoms with Crippen molar-refractivity contribution in [1.29, 1.82) is 0 Å². The van der Waals surface area contributed by atoms with Gasteiger partial charge in [-0.1, -0.05) is 12.0 Å². The molecule has 0 spiro atoms. The largest absolute Gasteiger partial charge is 0.495 e. The minimum Gasteiger partial charge on any atom is -0.495 e. The van der Waals surface area contributed by atoms with E-state index in [0.717, 1.165) is 31.3 Å². The van der Waals surface area contributed by atoms with E-state index in [1.807, 2.05) is 6.07 Å². The third kappa shape index (κ3) is 8.79. The number of sulfone groups is 1. The van der Waals surface area contributed by atoms with Crippen LogP contribution in [0.5, 0.6) is 5.75 Å². The van der Waals surface area contributed by atoms with Crippen molar-refractivity contribution in [3.05, 3.63) is 48.2 Å². The Morgan fingerprint density at radius 1 is 1.16 bits per heavy atom. The van der Waals surface area contributed by atoms with E-state index in [1.54, 1.807) is 31.4 Å². The molecule has 0 bridgehead atoms. The molecule has 0 amide bonds. The molecule has 1 fully saturated rings. The van der Waals surface area contributed by atoms with Gasteiger partial charge in [0, 0.05) is 49.6 Å². The van der Waals surface area contributed by atoms with Crippen molar-refractivity contribution in [1.82, 2.24) is 9.47 Å². The van der Waals surface area contributed by atoms with Crippen LogP contribution in [0.4, 0.5) is 24.5 Å². The van der Waals surface area contributed by atoms with Crippen molar-refractivity contribution in [2.45, 2.75) is 42.6 Å². The Morgan fingerprint density at radius 2 is 1.95 bits per heavy atom. The Labute approximate surface area is 249 Å². The zero-order valence-corrected chi connectivity index (χ0v) is 25.2. The number of rotatable bonds is 11. The van der Waals surface area contributed by atoms with Crippen LogP contribution in [-0.2, 0) is 21.1 Å². The lowest BCUT2D eigenvalue weighted by atomic mass is 10.0. The Morgan fingerprint density at radius 3 is 2.65 bits per heavy atom. The Bertz CT molecular complexity index is 1580. The van der Waals surface area contributed by atoms with Crippen LogP contribution in [0.2, 0.25) is 0 Å². The highest BCUT2D eigenvalue weighted by Gasteiger charge is 2.30. The van der Waals surface area contributed by atoms with E-state index >= 15 is 0 Å². The predicted molar refractivity (Wildman–Crippen MR) is 160 cm³/mol. The first-order valence-corrected chi connectivity index (χ1v) is 15.7. The maximum absolute atomic E-state index is 13.6. The van der Waals surface area contributed by atoms with Crippen LogP contribution in [-0.4, -0.2) is 94.6 Å². The van der Waals surface area contributed by atoms with Gasteiger partial charge >= 0.3 is 6.18 Å². The van der Waals surface area contributed by atoms with Crippen LogP contribution < -0.4 is 15.4 Å².